The Kier molecular flexibility index (Phi) is 5.49. The highest BCUT2D eigenvalue weighted by molar-refractivity contribution is 7.07. The predicted molar refractivity (Wildman–Crippen MR) is 73.6 cm³/mol. The van der Waals surface area contributed by atoms with Crippen LogP contribution < -0.4 is 0 Å². The molecule has 1 fully saturated rings. The van der Waals surface area contributed by atoms with E-state index in [0.717, 1.165) is 19.4 Å². The van der Waals surface area contributed by atoms with Crippen molar-refractivity contribution in [2.24, 2.45) is 0 Å². The minimum absolute atomic E-state index is 0.0511. The minimum atomic E-state index is -0.326. The summed E-state index contributed by atoms with van der Waals surface area (Å²) < 4.78 is 10.2. The summed E-state index contributed by atoms with van der Waals surface area (Å²) in [5.74, 6) is -0.487. The number of carbonyl (C=O) groups excluding carboxylic acids is 2. The molecule has 0 N–H and O–H groups in total. The molecule has 1 amide bonds. The van der Waals surface area contributed by atoms with Crippen LogP contribution in [0.3, 0.4) is 0 Å². The van der Waals surface area contributed by atoms with Gasteiger partial charge >= 0.3 is 5.97 Å². The first kappa shape index (κ1) is 14.9. The molecule has 1 aliphatic heterocycles. The summed E-state index contributed by atoms with van der Waals surface area (Å²) >= 11 is 1.38. The number of thiazole rings is 1. The Morgan fingerprint density at radius 2 is 2.45 bits per heavy atom. The Morgan fingerprint density at radius 3 is 3.05 bits per heavy atom. The number of esters is 1. The summed E-state index contributed by atoms with van der Waals surface area (Å²) in [6, 6.07) is 0. The van der Waals surface area contributed by atoms with Crippen molar-refractivity contribution in [2.45, 2.75) is 25.4 Å². The SMILES string of the molecule is COC(=O)CCN(CC1CCCO1)C(=O)c1cscn1. The lowest BCUT2D eigenvalue weighted by atomic mass is 10.2. The van der Waals surface area contributed by atoms with Crippen LogP contribution >= 0.6 is 11.3 Å². The van der Waals surface area contributed by atoms with Gasteiger partial charge in [0.25, 0.3) is 5.91 Å². The molecule has 0 aliphatic carbocycles. The number of nitrogens with zero attached hydrogens (tertiary/aromatic N) is 2. The summed E-state index contributed by atoms with van der Waals surface area (Å²) in [7, 11) is 1.34. The molecule has 110 valence electrons. The highest BCUT2D eigenvalue weighted by Gasteiger charge is 2.24. The number of rotatable bonds is 6. The third-order valence-corrected chi connectivity index (χ3v) is 3.79. The maximum absolute atomic E-state index is 12.4. The zero-order valence-electron chi connectivity index (χ0n) is 11.4. The van der Waals surface area contributed by atoms with Crippen LogP contribution in [0.1, 0.15) is 29.8 Å². The van der Waals surface area contributed by atoms with Gasteiger partial charge in [0.15, 0.2) is 0 Å². The van der Waals surface area contributed by atoms with Gasteiger partial charge in [-0.05, 0) is 12.8 Å². The van der Waals surface area contributed by atoms with Gasteiger partial charge in [-0.3, -0.25) is 9.59 Å². The molecule has 20 heavy (non-hydrogen) atoms. The zero-order valence-corrected chi connectivity index (χ0v) is 12.2. The van der Waals surface area contributed by atoms with E-state index < -0.39 is 0 Å². The first-order chi connectivity index (χ1) is 9.70. The molecule has 0 bridgehead atoms. The van der Waals surface area contributed by atoms with Crippen molar-refractivity contribution in [2.75, 3.05) is 26.8 Å². The van der Waals surface area contributed by atoms with Gasteiger partial charge in [-0.2, -0.15) is 0 Å². The van der Waals surface area contributed by atoms with Crippen LogP contribution in [0.4, 0.5) is 0 Å². The van der Waals surface area contributed by atoms with Crippen LogP contribution in [-0.4, -0.2) is 54.7 Å². The number of methoxy groups -OCH3 is 1. The predicted octanol–water partition coefficient (Wildman–Crippen LogP) is 1.33. The van der Waals surface area contributed by atoms with Gasteiger partial charge in [0.2, 0.25) is 0 Å². The van der Waals surface area contributed by atoms with Crippen molar-refractivity contribution in [3.8, 4) is 0 Å². The number of ether oxygens (including phenoxy) is 2. The van der Waals surface area contributed by atoms with Crippen molar-refractivity contribution >= 4 is 23.2 Å². The minimum Gasteiger partial charge on any atom is -0.469 e. The van der Waals surface area contributed by atoms with Crippen LogP contribution in [0, 0.1) is 0 Å². The highest BCUT2D eigenvalue weighted by atomic mass is 32.1. The average Bonchev–Trinajstić information content (AvgIpc) is 3.14. The Bertz CT molecular complexity index is 443. The van der Waals surface area contributed by atoms with Crippen LogP contribution in [0.25, 0.3) is 0 Å². The number of aromatic nitrogens is 1. The van der Waals surface area contributed by atoms with E-state index in [0.29, 0.717) is 18.8 Å². The van der Waals surface area contributed by atoms with Gasteiger partial charge in [0.1, 0.15) is 5.69 Å². The van der Waals surface area contributed by atoms with Crippen LogP contribution in [0.2, 0.25) is 0 Å². The van der Waals surface area contributed by atoms with Crippen molar-refractivity contribution in [3.05, 3.63) is 16.6 Å². The van der Waals surface area contributed by atoms with Crippen molar-refractivity contribution in [1.82, 2.24) is 9.88 Å². The first-order valence-corrected chi connectivity index (χ1v) is 7.51. The Morgan fingerprint density at radius 1 is 1.60 bits per heavy atom. The van der Waals surface area contributed by atoms with Crippen molar-refractivity contribution in [3.63, 3.8) is 0 Å². The first-order valence-electron chi connectivity index (χ1n) is 6.56. The monoisotopic (exact) mass is 298 g/mol. The molecule has 1 atom stereocenters. The van der Waals surface area contributed by atoms with Gasteiger partial charge in [-0.25, -0.2) is 4.98 Å². The van der Waals surface area contributed by atoms with E-state index >= 15 is 0 Å². The molecule has 1 saturated heterocycles. The molecule has 1 aromatic heterocycles. The number of carbonyl (C=O) groups is 2. The van der Waals surface area contributed by atoms with Gasteiger partial charge in [0.05, 0.1) is 25.1 Å². The molecule has 2 heterocycles. The molecular formula is C13H18N2O4S. The average molecular weight is 298 g/mol. The Labute approximate surface area is 121 Å². The maximum Gasteiger partial charge on any atom is 0.307 e. The molecule has 0 aromatic carbocycles. The molecular weight excluding hydrogens is 280 g/mol. The van der Waals surface area contributed by atoms with E-state index in [2.05, 4.69) is 9.72 Å². The Hall–Kier alpha value is -1.47. The van der Waals surface area contributed by atoms with Gasteiger partial charge in [-0.1, -0.05) is 0 Å². The molecule has 6 nitrogen and oxygen atoms in total. The molecule has 0 radical (unpaired) electrons. The molecule has 0 saturated carbocycles. The third kappa shape index (κ3) is 4.01. The summed E-state index contributed by atoms with van der Waals surface area (Å²) in [5.41, 5.74) is 2.04. The smallest absolute Gasteiger partial charge is 0.307 e. The number of hydrogen-bond donors (Lipinski definition) is 0. The quantitative estimate of drug-likeness (QED) is 0.741. The van der Waals surface area contributed by atoms with E-state index in [-0.39, 0.29) is 24.4 Å². The van der Waals surface area contributed by atoms with Crippen molar-refractivity contribution < 1.29 is 19.1 Å². The van der Waals surface area contributed by atoms with Crippen molar-refractivity contribution in [1.29, 1.82) is 0 Å². The Balaban J connectivity index is 1.98. The number of hydrogen-bond acceptors (Lipinski definition) is 6. The van der Waals surface area contributed by atoms with E-state index in [1.54, 1.807) is 15.8 Å². The highest BCUT2D eigenvalue weighted by Crippen LogP contribution is 2.15. The molecule has 1 unspecified atom stereocenters. The third-order valence-electron chi connectivity index (χ3n) is 3.20. The largest absolute Gasteiger partial charge is 0.469 e. The van der Waals surface area contributed by atoms with E-state index in [1.165, 1.54) is 18.4 Å². The van der Waals surface area contributed by atoms with Gasteiger partial charge in [-0.15, -0.1) is 11.3 Å². The summed E-state index contributed by atoms with van der Waals surface area (Å²) in [5, 5.41) is 1.71. The van der Waals surface area contributed by atoms with Crippen LogP contribution in [0.5, 0.6) is 0 Å². The maximum atomic E-state index is 12.4. The molecule has 0 spiro atoms. The fourth-order valence-corrected chi connectivity index (χ4v) is 2.64. The van der Waals surface area contributed by atoms with Gasteiger partial charge < -0.3 is 14.4 Å². The normalized spacial score (nSPS) is 17.9. The van der Waals surface area contributed by atoms with Crippen LogP contribution in [-0.2, 0) is 14.3 Å². The standard InChI is InChI=1S/C13H18N2O4S/c1-18-12(16)4-5-15(7-10-3-2-6-19-10)13(17)11-8-20-9-14-11/h8-10H,2-7H2,1H3. The second-order valence-electron chi connectivity index (χ2n) is 4.59. The summed E-state index contributed by atoms with van der Waals surface area (Å²) in [4.78, 5) is 29.3. The lowest BCUT2D eigenvalue weighted by Gasteiger charge is -2.24. The lowest BCUT2D eigenvalue weighted by molar-refractivity contribution is -0.140. The second kappa shape index (κ2) is 7.35. The van der Waals surface area contributed by atoms with E-state index in [9.17, 15) is 9.59 Å². The topological polar surface area (TPSA) is 68.7 Å². The summed E-state index contributed by atoms with van der Waals surface area (Å²) in [6.45, 7) is 1.55. The fraction of sp³-hybridized carbons (Fsp3) is 0.615. The van der Waals surface area contributed by atoms with E-state index in [1.807, 2.05) is 0 Å². The molecule has 1 aliphatic rings. The fourth-order valence-electron chi connectivity index (χ4n) is 2.12. The summed E-state index contributed by atoms with van der Waals surface area (Å²) in [6.07, 6.45) is 2.19. The molecule has 2 rings (SSSR count). The number of amides is 1. The van der Waals surface area contributed by atoms with E-state index in [4.69, 9.17) is 4.74 Å². The van der Waals surface area contributed by atoms with Gasteiger partial charge in [0, 0.05) is 25.1 Å². The van der Waals surface area contributed by atoms with Crippen LogP contribution in [0.15, 0.2) is 10.9 Å². The second-order valence-corrected chi connectivity index (χ2v) is 5.30. The zero-order chi connectivity index (χ0) is 14.4. The molecule has 1 aromatic rings. The molecule has 7 heteroatoms. The lowest BCUT2D eigenvalue weighted by Crippen LogP contribution is -2.39.